The van der Waals surface area contributed by atoms with Crippen molar-refractivity contribution in [2.45, 2.75) is 25.8 Å². The lowest BCUT2D eigenvalue weighted by Gasteiger charge is -2.24. The maximum Gasteiger partial charge on any atom is 0.279 e. The van der Waals surface area contributed by atoms with Crippen molar-refractivity contribution in [1.29, 1.82) is 0 Å². The molecule has 1 aliphatic rings. The monoisotopic (exact) mass is 397 g/mol. The SMILES string of the molecule is O=C(C=Cc1ccc(F)cc1[N+](=O)[O-])NCc1cccc(NC(=O)C2CCC2)c1. The third kappa shape index (κ3) is 5.47. The number of rotatable bonds is 7. The van der Waals surface area contributed by atoms with Crippen molar-refractivity contribution in [3.63, 3.8) is 0 Å². The average molecular weight is 397 g/mol. The molecule has 2 aromatic rings. The van der Waals surface area contributed by atoms with Crippen LogP contribution in [0, 0.1) is 21.8 Å². The van der Waals surface area contributed by atoms with Gasteiger partial charge in [-0.2, -0.15) is 0 Å². The molecule has 150 valence electrons. The van der Waals surface area contributed by atoms with Gasteiger partial charge in [-0.3, -0.25) is 19.7 Å². The van der Waals surface area contributed by atoms with Gasteiger partial charge in [0.15, 0.2) is 0 Å². The first-order valence-corrected chi connectivity index (χ1v) is 9.22. The van der Waals surface area contributed by atoms with Crippen molar-refractivity contribution in [3.8, 4) is 0 Å². The van der Waals surface area contributed by atoms with Crippen LogP contribution in [0.2, 0.25) is 0 Å². The van der Waals surface area contributed by atoms with Crippen LogP contribution >= 0.6 is 0 Å². The van der Waals surface area contributed by atoms with E-state index in [1.54, 1.807) is 18.2 Å². The van der Waals surface area contributed by atoms with Crippen molar-refractivity contribution in [3.05, 3.63) is 75.6 Å². The minimum Gasteiger partial charge on any atom is -0.348 e. The lowest BCUT2D eigenvalue weighted by molar-refractivity contribution is -0.385. The lowest BCUT2D eigenvalue weighted by atomic mass is 9.85. The van der Waals surface area contributed by atoms with Crippen LogP contribution in [0.15, 0.2) is 48.5 Å². The molecule has 1 fully saturated rings. The largest absolute Gasteiger partial charge is 0.348 e. The standard InChI is InChI=1S/C21H20FN3O4/c22-17-9-7-15(19(12-17)25(28)29)8-10-20(26)23-13-14-3-1-6-18(11-14)24-21(27)16-4-2-5-16/h1,3,6-12,16H,2,4-5,13H2,(H,23,26)(H,24,27). The Morgan fingerprint density at radius 1 is 1.21 bits per heavy atom. The number of carbonyl (C=O) groups is 2. The molecule has 2 N–H and O–H groups in total. The smallest absolute Gasteiger partial charge is 0.279 e. The molecular formula is C21H20FN3O4. The van der Waals surface area contributed by atoms with Gasteiger partial charge in [-0.15, -0.1) is 0 Å². The van der Waals surface area contributed by atoms with E-state index in [-0.39, 0.29) is 23.9 Å². The molecule has 0 aromatic heterocycles. The topological polar surface area (TPSA) is 101 Å². The predicted molar refractivity (Wildman–Crippen MR) is 106 cm³/mol. The molecule has 0 radical (unpaired) electrons. The number of nitro groups is 1. The molecule has 3 rings (SSSR count). The summed E-state index contributed by atoms with van der Waals surface area (Å²) in [4.78, 5) is 34.3. The summed E-state index contributed by atoms with van der Waals surface area (Å²) < 4.78 is 13.2. The number of carbonyl (C=O) groups excluding carboxylic acids is 2. The number of anilines is 1. The quantitative estimate of drug-likeness (QED) is 0.421. The molecule has 29 heavy (non-hydrogen) atoms. The van der Waals surface area contributed by atoms with E-state index in [1.807, 2.05) is 6.07 Å². The second-order valence-electron chi connectivity index (χ2n) is 6.83. The second-order valence-corrected chi connectivity index (χ2v) is 6.83. The number of nitro benzene ring substituents is 1. The highest BCUT2D eigenvalue weighted by molar-refractivity contribution is 5.93. The summed E-state index contributed by atoms with van der Waals surface area (Å²) >= 11 is 0. The molecule has 1 saturated carbocycles. The highest BCUT2D eigenvalue weighted by atomic mass is 19.1. The number of hydrogen-bond donors (Lipinski definition) is 2. The van der Waals surface area contributed by atoms with Gasteiger partial charge in [-0.05, 0) is 48.7 Å². The van der Waals surface area contributed by atoms with Gasteiger partial charge in [0.2, 0.25) is 11.8 Å². The number of hydrogen-bond acceptors (Lipinski definition) is 4. The van der Waals surface area contributed by atoms with Gasteiger partial charge in [0.1, 0.15) is 5.82 Å². The predicted octanol–water partition coefficient (Wildman–Crippen LogP) is 3.80. The van der Waals surface area contributed by atoms with E-state index in [0.29, 0.717) is 5.69 Å². The van der Waals surface area contributed by atoms with E-state index in [4.69, 9.17) is 0 Å². The highest BCUT2D eigenvalue weighted by Crippen LogP contribution is 2.27. The Morgan fingerprint density at radius 2 is 2.00 bits per heavy atom. The second kappa shape index (κ2) is 9.09. The Hall–Kier alpha value is -3.55. The molecule has 7 nitrogen and oxygen atoms in total. The van der Waals surface area contributed by atoms with E-state index in [9.17, 15) is 24.1 Å². The summed E-state index contributed by atoms with van der Waals surface area (Å²) in [6.45, 7) is 0.224. The van der Waals surface area contributed by atoms with E-state index in [0.717, 1.165) is 43.0 Å². The Kier molecular flexibility index (Phi) is 6.33. The van der Waals surface area contributed by atoms with Crippen LogP contribution in [0.3, 0.4) is 0 Å². The van der Waals surface area contributed by atoms with E-state index < -0.39 is 22.3 Å². The molecule has 0 atom stereocenters. The molecule has 2 amide bonds. The van der Waals surface area contributed by atoms with Crippen LogP contribution in [0.5, 0.6) is 0 Å². The zero-order valence-electron chi connectivity index (χ0n) is 15.6. The normalized spacial score (nSPS) is 13.7. The third-order valence-corrected chi connectivity index (χ3v) is 4.74. The first-order valence-electron chi connectivity index (χ1n) is 9.22. The summed E-state index contributed by atoms with van der Waals surface area (Å²) in [5, 5.41) is 16.5. The molecule has 0 bridgehead atoms. The third-order valence-electron chi connectivity index (χ3n) is 4.74. The Morgan fingerprint density at radius 3 is 2.69 bits per heavy atom. The number of nitrogens with one attached hydrogen (secondary N) is 2. The molecule has 2 aromatic carbocycles. The highest BCUT2D eigenvalue weighted by Gasteiger charge is 2.25. The summed E-state index contributed by atoms with van der Waals surface area (Å²) in [7, 11) is 0. The molecule has 0 saturated heterocycles. The summed E-state index contributed by atoms with van der Waals surface area (Å²) in [6.07, 6.45) is 5.34. The Balaban J connectivity index is 1.57. The van der Waals surface area contributed by atoms with Gasteiger partial charge in [-0.1, -0.05) is 18.6 Å². The van der Waals surface area contributed by atoms with Crippen LogP contribution in [0.1, 0.15) is 30.4 Å². The maximum absolute atomic E-state index is 13.2. The van der Waals surface area contributed by atoms with Crippen molar-refractivity contribution in [2.75, 3.05) is 5.32 Å². The van der Waals surface area contributed by atoms with E-state index >= 15 is 0 Å². The summed E-state index contributed by atoms with van der Waals surface area (Å²) in [6, 6.07) is 10.3. The van der Waals surface area contributed by atoms with Crippen LogP contribution < -0.4 is 10.6 Å². The van der Waals surface area contributed by atoms with E-state index in [2.05, 4.69) is 10.6 Å². The van der Waals surface area contributed by atoms with Gasteiger partial charge in [0, 0.05) is 24.2 Å². The van der Waals surface area contributed by atoms with Crippen molar-refractivity contribution in [1.82, 2.24) is 5.32 Å². The average Bonchev–Trinajstić information content (AvgIpc) is 2.64. The fourth-order valence-electron chi connectivity index (χ4n) is 2.90. The van der Waals surface area contributed by atoms with Crippen LogP contribution in [-0.4, -0.2) is 16.7 Å². The summed E-state index contributed by atoms with van der Waals surface area (Å²) in [5.41, 5.74) is 1.19. The summed E-state index contributed by atoms with van der Waals surface area (Å²) in [5.74, 6) is -1.07. The van der Waals surface area contributed by atoms with Crippen molar-refractivity contribution >= 4 is 29.3 Å². The fourth-order valence-corrected chi connectivity index (χ4v) is 2.90. The first-order chi connectivity index (χ1) is 13.9. The van der Waals surface area contributed by atoms with Gasteiger partial charge in [0.05, 0.1) is 16.6 Å². The zero-order valence-corrected chi connectivity index (χ0v) is 15.6. The molecule has 0 unspecified atom stereocenters. The van der Waals surface area contributed by atoms with E-state index in [1.165, 1.54) is 12.1 Å². The number of nitrogens with zero attached hydrogens (tertiary/aromatic N) is 1. The number of amides is 2. The van der Waals surface area contributed by atoms with Crippen molar-refractivity contribution in [2.24, 2.45) is 5.92 Å². The van der Waals surface area contributed by atoms with Crippen molar-refractivity contribution < 1.29 is 18.9 Å². The Labute approximate surface area is 166 Å². The van der Waals surface area contributed by atoms with Gasteiger partial charge in [0.25, 0.3) is 5.69 Å². The number of benzene rings is 2. The van der Waals surface area contributed by atoms with Gasteiger partial charge in [-0.25, -0.2) is 4.39 Å². The molecule has 0 aliphatic heterocycles. The van der Waals surface area contributed by atoms with Crippen LogP contribution in [0.25, 0.3) is 6.08 Å². The maximum atomic E-state index is 13.2. The van der Waals surface area contributed by atoms with Crippen LogP contribution in [0.4, 0.5) is 15.8 Å². The number of halogens is 1. The fraction of sp³-hybridized carbons (Fsp3) is 0.238. The molecule has 0 spiro atoms. The lowest BCUT2D eigenvalue weighted by Crippen LogP contribution is -2.28. The molecule has 8 heteroatoms. The Bertz CT molecular complexity index is 970. The van der Waals surface area contributed by atoms with Crippen LogP contribution in [-0.2, 0) is 16.1 Å². The first kappa shape index (κ1) is 20.2. The zero-order chi connectivity index (χ0) is 20.8. The van der Waals surface area contributed by atoms with Gasteiger partial charge >= 0.3 is 0 Å². The van der Waals surface area contributed by atoms with Gasteiger partial charge < -0.3 is 10.6 Å². The molecule has 1 aliphatic carbocycles. The minimum absolute atomic E-state index is 0.0151. The minimum atomic E-state index is -0.720. The molecular weight excluding hydrogens is 377 g/mol. The molecule has 0 heterocycles.